The summed E-state index contributed by atoms with van der Waals surface area (Å²) >= 11 is 0. The van der Waals surface area contributed by atoms with Crippen molar-refractivity contribution in [2.75, 3.05) is 30.4 Å². The third-order valence-electron chi connectivity index (χ3n) is 4.72. The Morgan fingerprint density at radius 3 is 2.71 bits per heavy atom. The van der Waals surface area contributed by atoms with Crippen LogP contribution < -0.4 is 15.4 Å². The molecule has 2 aromatic carbocycles. The Morgan fingerprint density at radius 2 is 1.88 bits per heavy atom. The highest BCUT2D eigenvalue weighted by atomic mass is 16.1. The maximum Gasteiger partial charge on any atom is 0.272 e. The highest BCUT2D eigenvalue weighted by Gasteiger charge is 2.21. The summed E-state index contributed by atoms with van der Waals surface area (Å²) < 4.78 is 0. The van der Waals surface area contributed by atoms with Gasteiger partial charge in [-0.3, -0.25) is 4.79 Å². The summed E-state index contributed by atoms with van der Waals surface area (Å²) in [5.41, 5.74) is 5.23. The molecule has 0 radical (unpaired) electrons. The number of aromatic nitrogens is 1. The number of aryl methyl sites for hydroxylation is 1. The summed E-state index contributed by atoms with van der Waals surface area (Å²) in [6.45, 7) is 0.871. The van der Waals surface area contributed by atoms with E-state index in [1.165, 1.54) is 11.3 Å². The third-order valence-corrected chi connectivity index (χ3v) is 4.72. The number of nitrogens with one attached hydrogen (secondary N) is 1. The molecule has 2 heterocycles. The van der Waals surface area contributed by atoms with E-state index in [1.54, 1.807) is 0 Å². The lowest BCUT2D eigenvalue weighted by Gasteiger charge is -2.31. The van der Waals surface area contributed by atoms with Crippen LogP contribution in [0.1, 0.15) is 12.0 Å². The van der Waals surface area contributed by atoms with Crippen molar-refractivity contribution in [1.82, 2.24) is 4.98 Å². The molecule has 0 atom stereocenters. The molecule has 0 amide bonds. The lowest BCUT2D eigenvalue weighted by Crippen LogP contribution is -2.29. The number of nitrogens with zero attached hydrogens (tertiary/aromatic N) is 2. The van der Waals surface area contributed by atoms with Gasteiger partial charge in [0.1, 0.15) is 5.69 Å². The second-order valence-electron chi connectivity index (χ2n) is 6.53. The molecule has 0 aliphatic carbocycles. The SMILES string of the molecule is CN(C)c1ccc2c(c1)CCCN2c1cc2ccccc2[nH]c1=O. The number of anilines is 3. The first-order valence-corrected chi connectivity index (χ1v) is 8.33. The second kappa shape index (κ2) is 5.71. The molecule has 1 aliphatic rings. The summed E-state index contributed by atoms with van der Waals surface area (Å²) in [5.74, 6) is 0. The van der Waals surface area contributed by atoms with Crippen LogP contribution in [-0.2, 0) is 6.42 Å². The second-order valence-corrected chi connectivity index (χ2v) is 6.53. The van der Waals surface area contributed by atoms with E-state index in [-0.39, 0.29) is 5.56 Å². The molecule has 0 bridgehead atoms. The van der Waals surface area contributed by atoms with Crippen LogP contribution in [0, 0.1) is 0 Å². The zero-order valence-corrected chi connectivity index (χ0v) is 14.0. The van der Waals surface area contributed by atoms with Gasteiger partial charge in [-0.25, -0.2) is 0 Å². The quantitative estimate of drug-likeness (QED) is 0.783. The van der Waals surface area contributed by atoms with Crippen LogP contribution in [0.15, 0.2) is 53.3 Å². The first kappa shape index (κ1) is 14.8. The maximum absolute atomic E-state index is 12.6. The Labute approximate surface area is 141 Å². The Hall–Kier alpha value is -2.75. The van der Waals surface area contributed by atoms with E-state index in [4.69, 9.17) is 0 Å². The molecule has 24 heavy (non-hydrogen) atoms. The van der Waals surface area contributed by atoms with Crippen LogP contribution in [0.3, 0.4) is 0 Å². The number of pyridine rings is 1. The Kier molecular flexibility index (Phi) is 3.53. The van der Waals surface area contributed by atoms with Gasteiger partial charge in [-0.15, -0.1) is 0 Å². The molecule has 0 spiro atoms. The molecular weight excluding hydrogens is 298 g/mol. The number of hydrogen-bond donors (Lipinski definition) is 1. The molecular formula is C20H21N3O. The van der Waals surface area contributed by atoms with Crippen LogP contribution in [-0.4, -0.2) is 25.6 Å². The third kappa shape index (κ3) is 2.44. The molecule has 4 rings (SSSR count). The fourth-order valence-electron chi connectivity index (χ4n) is 3.45. The fourth-order valence-corrected chi connectivity index (χ4v) is 3.45. The summed E-state index contributed by atoms with van der Waals surface area (Å²) in [6, 6.07) is 16.4. The summed E-state index contributed by atoms with van der Waals surface area (Å²) in [6.07, 6.45) is 2.11. The van der Waals surface area contributed by atoms with Crippen LogP contribution in [0.25, 0.3) is 10.9 Å². The molecule has 1 aliphatic heterocycles. The molecule has 122 valence electrons. The monoisotopic (exact) mass is 319 g/mol. The van der Waals surface area contributed by atoms with Crippen molar-refractivity contribution in [3.8, 4) is 0 Å². The number of aromatic amines is 1. The maximum atomic E-state index is 12.6. The van der Waals surface area contributed by atoms with Gasteiger partial charge < -0.3 is 14.8 Å². The average molecular weight is 319 g/mol. The molecule has 4 nitrogen and oxygen atoms in total. The van der Waals surface area contributed by atoms with Gasteiger partial charge in [-0.2, -0.15) is 0 Å². The molecule has 0 unspecified atom stereocenters. The first-order chi connectivity index (χ1) is 11.6. The molecule has 3 aromatic rings. The number of fused-ring (bicyclic) bond motifs is 2. The first-order valence-electron chi connectivity index (χ1n) is 8.33. The van der Waals surface area contributed by atoms with Crippen LogP contribution in [0.2, 0.25) is 0 Å². The van der Waals surface area contributed by atoms with E-state index in [2.05, 4.69) is 47.1 Å². The number of hydrogen-bond acceptors (Lipinski definition) is 3. The number of rotatable bonds is 2. The average Bonchev–Trinajstić information content (AvgIpc) is 2.60. The van der Waals surface area contributed by atoms with Crippen LogP contribution in [0.4, 0.5) is 17.1 Å². The van der Waals surface area contributed by atoms with Crippen molar-refractivity contribution in [3.05, 3.63) is 64.4 Å². The van der Waals surface area contributed by atoms with E-state index in [9.17, 15) is 4.79 Å². The van der Waals surface area contributed by atoms with Crippen molar-refractivity contribution in [1.29, 1.82) is 0 Å². The van der Waals surface area contributed by atoms with Crippen molar-refractivity contribution in [2.24, 2.45) is 0 Å². The zero-order chi connectivity index (χ0) is 16.7. The van der Waals surface area contributed by atoms with Crippen molar-refractivity contribution < 1.29 is 0 Å². The van der Waals surface area contributed by atoms with E-state index in [0.717, 1.165) is 41.7 Å². The van der Waals surface area contributed by atoms with Crippen molar-refractivity contribution in [3.63, 3.8) is 0 Å². The summed E-state index contributed by atoms with van der Waals surface area (Å²) in [7, 11) is 4.10. The largest absolute Gasteiger partial charge is 0.378 e. The Balaban J connectivity index is 1.84. The van der Waals surface area contributed by atoms with Gasteiger partial charge in [-0.1, -0.05) is 18.2 Å². The van der Waals surface area contributed by atoms with Gasteiger partial charge >= 0.3 is 0 Å². The zero-order valence-electron chi connectivity index (χ0n) is 14.0. The van der Waals surface area contributed by atoms with Gasteiger partial charge in [0.2, 0.25) is 0 Å². The summed E-state index contributed by atoms with van der Waals surface area (Å²) in [4.78, 5) is 19.9. The van der Waals surface area contributed by atoms with E-state index in [1.807, 2.05) is 30.3 Å². The smallest absolute Gasteiger partial charge is 0.272 e. The number of benzene rings is 2. The minimum atomic E-state index is -0.0294. The van der Waals surface area contributed by atoms with Gasteiger partial charge in [-0.05, 0) is 48.7 Å². The fraction of sp³-hybridized carbons (Fsp3) is 0.250. The lowest BCUT2D eigenvalue weighted by atomic mass is 10.00. The van der Waals surface area contributed by atoms with Gasteiger partial charge in [0, 0.05) is 42.9 Å². The van der Waals surface area contributed by atoms with Gasteiger partial charge in [0.25, 0.3) is 5.56 Å². The minimum absolute atomic E-state index is 0.0294. The molecule has 0 saturated heterocycles. The van der Waals surface area contributed by atoms with E-state index < -0.39 is 0 Å². The predicted molar refractivity (Wildman–Crippen MR) is 101 cm³/mol. The van der Waals surface area contributed by atoms with E-state index >= 15 is 0 Å². The molecule has 4 heteroatoms. The molecule has 1 N–H and O–H groups in total. The highest BCUT2D eigenvalue weighted by Crippen LogP contribution is 2.34. The van der Waals surface area contributed by atoms with Crippen molar-refractivity contribution >= 4 is 28.0 Å². The number of para-hydroxylation sites is 1. The van der Waals surface area contributed by atoms with Gasteiger partial charge in [0.15, 0.2) is 0 Å². The van der Waals surface area contributed by atoms with E-state index in [0.29, 0.717) is 0 Å². The lowest BCUT2D eigenvalue weighted by molar-refractivity contribution is 0.764. The topological polar surface area (TPSA) is 39.3 Å². The van der Waals surface area contributed by atoms with Crippen LogP contribution >= 0.6 is 0 Å². The standard InChI is InChI=1S/C20H21N3O/c1-22(2)16-9-10-18-15(12-16)7-5-11-23(18)19-13-14-6-3-4-8-17(14)21-20(19)24/h3-4,6,8-10,12-13H,5,7,11H2,1-2H3,(H,21,24). The predicted octanol–water partition coefficient (Wildman–Crippen LogP) is 3.68. The number of H-pyrrole nitrogens is 1. The van der Waals surface area contributed by atoms with Gasteiger partial charge in [0.05, 0.1) is 0 Å². The van der Waals surface area contributed by atoms with Crippen LogP contribution in [0.5, 0.6) is 0 Å². The molecule has 0 fully saturated rings. The highest BCUT2D eigenvalue weighted by molar-refractivity contribution is 5.83. The minimum Gasteiger partial charge on any atom is -0.378 e. The normalized spacial score (nSPS) is 13.8. The molecule has 1 aromatic heterocycles. The Bertz CT molecular complexity index is 959. The summed E-state index contributed by atoms with van der Waals surface area (Å²) in [5, 5.41) is 1.06. The Morgan fingerprint density at radius 1 is 1.04 bits per heavy atom. The van der Waals surface area contributed by atoms with Crippen molar-refractivity contribution in [2.45, 2.75) is 12.8 Å². The molecule has 0 saturated carbocycles.